The molecule has 0 spiro atoms. The number of nitrogens with one attached hydrogen (secondary N) is 2. The first-order valence-corrected chi connectivity index (χ1v) is 12.0. The van der Waals surface area contributed by atoms with Gasteiger partial charge in [-0.3, -0.25) is 9.89 Å². The highest BCUT2D eigenvalue weighted by Crippen LogP contribution is 2.17. The summed E-state index contributed by atoms with van der Waals surface area (Å²) < 4.78 is 11.6. The fourth-order valence-corrected chi connectivity index (χ4v) is 4.14. The summed E-state index contributed by atoms with van der Waals surface area (Å²) in [6.07, 6.45) is 5.28. The summed E-state index contributed by atoms with van der Waals surface area (Å²) in [7, 11) is 1.80. The lowest BCUT2D eigenvalue weighted by atomic mass is 10.1. The number of aryl methyl sites for hydroxylation is 2. The average Bonchev–Trinajstić information content (AvgIpc) is 3.24. The van der Waals surface area contributed by atoms with Gasteiger partial charge in [0.25, 0.3) is 0 Å². The Labute approximate surface area is 192 Å². The van der Waals surface area contributed by atoms with Gasteiger partial charge in [0.1, 0.15) is 5.76 Å². The Morgan fingerprint density at radius 2 is 1.94 bits per heavy atom. The van der Waals surface area contributed by atoms with Gasteiger partial charge in [-0.25, -0.2) is 0 Å². The SMILES string of the molecule is CCc1noc(CC)c1CNC(=NC)NCCCOC1CCN(Cc2ccccc2)CC1. The molecular weight excluding hydrogens is 402 g/mol. The predicted octanol–water partition coefficient (Wildman–Crippen LogP) is 3.54. The van der Waals surface area contributed by atoms with Crippen LogP contribution in [0.3, 0.4) is 0 Å². The van der Waals surface area contributed by atoms with Gasteiger partial charge in [0.15, 0.2) is 5.96 Å². The average molecular weight is 442 g/mol. The van der Waals surface area contributed by atoms with Crippen molar-refractivity contribution in [2.45, 2.75) is 65.1 Å². The zero-order chi connectivity index (χ0) is 22.6. The van der Waals surface area contributed by atoms with E-state index < -0.39 is 0 Å². The van der Waals surface area contributed by atoms with Gasteiger partial charge < -0.3 is 19.9 Å². The lowest BCUT2D eigenvalue weighted by Crippen LogP contribution is -2.38. The quantitative estimate of drug-likeness (QED) is 0.316. The van der Waals surface area contributed by atoms with Gasteiger partial charge in [0.2, 0.25) is 0 Å². The first-order chi connectivity index (χ1) is 15.7. The molecule has 1 aliphatic heterocycles. The Morgan fingerprint density at radius 1 is 1.16 bits per heavy atom. The van der Waals surface area contributed by atoms with Crippen LogP contribution in [0, 0.1) is 0 Å². The van der Waals surface area contributed by atoms with Crippen LogP contribution >= 0.6 is 0 Å². The third kappa shape index (κ3) is 7.35. The maximum Gasteiger partial charge on any atom is 0.191 e. The van der Waals surface area contributed by atoms with Crippen molar-refractivity contribution in [2.75, 3.05) is 33.3 Å². The van der Waals surface area contributed by atoms with Gasteiger partial charge >= 0.3 is 0 Å². The number of ether oxygens (including phenoxy) is 1. The number of likely N-dealkylation sites (tertiary alicyclic amines) is 1. The molecule has 0 unspecified atom stereocenters. The van der Waals surface area contributed by atoms with Gasteiger partial charge in [-0.1, -0.05) is 49.3 Å². The summed E-state index contributed by atoms with van der Waals surface area (Å²) in [6, 6.07) is 10.7. The Balaban J connectivity index is 1.28. The van der Waals surface area contributed by atoms with E-state index in [1.54, 1.807) is 7.05 Å². The highest BCUT2D eigenvalue weighted by Gasteiger charge is 2.19. The van der Waals surface area contributed by atoms with Gasteiger partial charge in [0.05, 0.1) is 11.8 Å². The van der Waals surface area contributed by atoms with Crippen molar-refractivity contribution in [2.24, 2.45) is 4.99 Å². The number of guanidine groups is 1. The van der Waals surface area contributed by atoms with E-state index in [0.29, 0.717) is 12.6 Å². The highest BCUT2D eigenvalue weighted by atomic mass is 16.5. The lowest BCUT2D eigenvalue weighted by molar-refractivity contribution is 0.00534. The number of nitrogens with zero attached hydrogens (tertiary/aromatic N) is 3. The molecule has 7 heteroatoms. The van der Waals surface area contributed by atoms with Crippen molar-refractivity contribution in [1.29, 1.82) is 0 Å². The zero-order valence-electron chi connectivity index (χ0n) is 19.9. The van der Waals surface area contributed by atoms with Crippen LogP contribution < -0.4 is 10.6 Å². The van der Waals surface area contributed by atoms with Crippen molar-refractivity contribution >= 4 is 5.96 Å². The fraction of sp³-hybridized carbons (Fsp3) is 0.600. The molecule has 1 aromatic carbocycles. The van der Waals surface area contributed by atoms with Crippen molar-refractivity contribution in [1.82, 2.24) is 20.7 Å². The standard InChI is InChI=1S/C25H39N5O2/c1-4-23-22(24(5-2)32-29-23)18-28-25(26-3)27-14-9-17-31-21-12-15-30(16-13-21)19-20-10-7-6-8-11-20/h6-8,10-11,21H,4-5,9,12-19H2,1-3H3,(H2,26,27,28). The van der Waals surface area contributed by atoms with Crippen LogP contribution in [0.5, 0.6) is 0 Å². The molecule has 1 aliphatic rings. The van der Waals surface area contributed by atoms with Crippen LogP contribution in [-0.4, -0.2) is 55.4 Å². The van der Waals surface area contributed by atoms with E-state index in [0.717, 1.165) is 87.9 Å². The molecule has 2 heterocycles. The molecule has 1 saturated heterocycles. The molecule has 2 N–H and O–H groups in total. The number of rotatable bonds is 11. The smallest absolute Gasteiger partial charge is 0.191 e. The number of hydrogen-bond donors (Lipinski definition) is 2. The van der Waals surface area contributed by atoms with Crippen LogP contribution in [-0.2, 0) is 30.7 Å². The van der Waals surface area contributed by atoms with Crippen LogP contribution in [0.1, 0.15) is 55.7 Å². The number of aromatic nitrogens is 1. The Bertz CT molecular complexity index is 791. The van der Waals surface area contributed by atoms with Crippen LogP contribution in [0.15, 0.2) is 39.8 Å². The summed E-state index contributed by atoms with van der Waals surface area (Å²) in [5, 5.41) is 10.9. The van der Waals surface area contributed by atoms with Crippen molar-refractivity contribution in [3.63, 3.8) is 0 Å². The molecule has 1 fully saturated rings. The van der Waals surface area contributed by atoms with E-state index in [1.807, 2.05) is 0 Å². The Hall–Kier alpha value is -2.38. The second-order valence-electron chi connectivity index (χ2n) is 8.28. The summed E-state index contributed by atoms with van der Waals surface area (Å²) in [5.41, 5.74) is 3.56. The molecule has 176 valence electrons. The van der Waals surface area contributed by atoms with Crippen LogP contribution in [0.25, 0.3) is 0 Å². The predicted molar refractivity (Wildman–Crippen MR) is 129 cm³/mol. The minimum atomic E-state index is 0.382. The van der Waals surface area contributed by atoms with E-state index in [4.69, 9.17) is 9.26 Å². The fourth-order valence-electron chi connectivity index (χ4n) is 4.14. The topological polar surface area (TPSA) is 74.9 Å². The van der Waals surface area contributed by atoms with Crippen molar-refractivity contribution < 1.29 is 9.26 Å². The van der Waals surface area contributed by atoms with E-state index in [-0.39, 0.29) is 0 Å². The largest absolute Gasteiger partial charge is 0.378 e. The molecule has 3 rings (SSSR count). The molecule has 0 saturated carbocycles. The Morgan fingerprint density at radius 3 is 2.62 bits per heavy atom. The molecule has 32 heavy (non-hydrogen) atoms. The van der Waals surface area contributed by atoms with Crippen molar-refractivity contribution in [3.05, 3.63) is 52.9 Å². The van der Waals surface area contributed by atoms with Crippen LogP contribution in [0.4, 0.5) is 0 Å². The molecule has 0 bridgehead atoms. The van der Waals surface area contributed by atoms with Crippen molar-refractivity contribution in [3.8, 4) is 0 Å². The van der Waals surface area contributed by atoms with E-state index in [2.05, 4.69) is 69.9 Å². The number of aliphatic imine (C=N–C) groups is 1. The normalized spacial score (nSPS) is 15.8. The number of hydrogen-bond acceptors (Lipinski definition) is 5. The molecule has 0 atom stereocenters. The van der Waals surface area contributed by atoms with Gasteiger partial charge in [-0.15, -0.1) is 0 Å². The molecule has 2 aromatic rings. The monoisotopic (exact) mass is 441 g/mol. The molecule has 7 nitrogen and oxygen atoms in total. The van der Waals surface area contributed by atoms with Gasteiger partial charge in [-0.2, -0.15) is 0 Å². The molecular formula is C25H39N5O2. The highest BCUT2D eigenvalue weighted by molar-refractivity contribution is 5.79. The number of piperidine rings is 1. The molecule has 0 aliphatic carbocycles. The first-order valence-electron chi connectivity index (χ1n) is 12.0. The van der Waals surface area contributed by atoms with Gasteiger partial charge in [0, 0.05) is 58.4 Å². The Kier molecular flexibility index (Phi) is 10.0. The summed E-state index contributed by atoms with van der Waals surface area (Å²) in [4.78, 5) is 6.85. The third-order valence-corrected chi connectivity index (χ3v) is 6.01. The van der Waals surface area contributed by atoms with E-state index in [1.165, 1.54) is 5.56 Å². The summed E-state index contributed by atoms with van der Waals surface area (Å²) >= 11 is 0. The van der Waals surface area contributed by atoms with E-state index in [9.17, 15) is 0 Å². The maximum atomic E-state index is 6.13. The molecule has 1 aromatic heterocycles. The third-order valence-electron chi connectivity index (χ3n) is 6.01. The minimum Gasteiger partial charge on any atom is -0.378 e. The molecule has 0 amide bonds. The zero-order valence-corrected chi connectivity index (χ0v) is 19.9. The summed E-state index contributed by atoms with van der Waals surface area (Å²) in [5.74, 6) is 1.75. The van der Waals surface area contributed by atoms with Crippen LogP contribution in [0.2, 0.25) is 0 Å². The second kappa shape index (κ2) is 13.2. The number of benzene rings is 1. The maximum absolute atomic E-state index is 6.13. The van der Waals surface area contributed by atoms with E-state index >= 15 is 0 Å². The first kappa shape index (κ1) is 24.3. The second-order valence-corrected chi connectivity index (χ2v) is 8.28. The summed E-state index contributed by atoms with van der Waals surface area (Å²) in [6.45, 7) is 9.72. The lowest BCUT2D eigenvalue weighted by Gasteiger charge is -2.32. The van der Waals surface area contributed by atoms with Gasteiger partial charge in [-0.05, 0) is 31.2 Å². The molecule has 0 radical (unpaired) electrons. The minimum absolute atomic E-state index is 0.382.